The summed E-state index contributed by atoms with van der Waals surface area (Å²) in [5, 5.41) is 11.0. The van der Waals surface area contributed by atoms with E-state index in [1.54, 1.807) is 0 Å². The molecule has 6 nitrogen and oxygen atoms in total. The van der Waals surface area contributed by atoms with Crippen molar-refractivity contribution in [2.24, 2.45) is 0 Å². The third-order valence-corrected chi connectivity index (χ3v) is 1.58. The number of hydrogen-bond acceptors (Lipinski definition) is 5. The minimum Gasteiger partial charge on any atom is -0.396 e. The summed E-state index contributed by atoms with van der Waals surface area (Å²) < 4.78 is 10.1. The van der Waals surface area contributed by atoms with E-state index in [1.165, 1.54) is 6.92 Å². The molecule has 0 fully saturated rings. The van der Waals surface area contributed by atoms with Crippen LogP contribution in [0.1, 0.15) is 13.3 Å². The van der Waals surface area contributed by atoms with Gasteiger partial charge in [-0.3, -0.25) is 9.59 Å². The number of ketones is 1. The zero-order valence-electron chi connectivity index (χ0n) is 9.53. The van der Waals surface area contributed by atoms with E-state index in [2.05, 4.69) is 5.32 Å². The predicted octanol–water partition coefficient (Wildman–Crippen LogP) is -0.893. The molecule has 6 heteroatoms. The second-order valence-electron chi connectivity index (χ2n) is 3.19. The second-order valence-corrected chi connectivity index (χ2v) is 3.19. The van der Waals surface area contributed by atoms with Gasteiger partial charge in [0.1, 0.15) is 6.61 Å². The van der Waals surface area contributed by atoms with E-state index in [1.807, 2.05) is 0 Å². The molecule has 0 spiro atoms. The quantitative estimate of drug-likeness (QED) is 0.478. The highest BCUT2D eigenvalue weighted by molar-refractivity contribution is 5.76. The molecule has 0 aliphatic rings. The minimum atomic E-state index is -0.195. The zero-order chi connectivity index (χ0) is 12.2. The van der Waals surface area contributed by atoms with Crippen LogP contribution in [0, 0.1) is 0 Å². The zero-order valence-corrected chi connectivity index (χ0v) is 9.53. The van der Waals surface area contributed by atoms with Gasteiger partial charge in [0.2, 0.25) is 5.91 Å². The van der Waals surface area contributed by atoms with Crippen LogP contribution >= 0.6 is 0 Å². The van der Waals surface area contributed by atoms with Crippen molar-refractivity contribution in [2.45, 2.75) is 13.3 Å². The van der Waals surface area contributed by atoms with Crippen LogP contribution in [0.3, 0.4) is 0 Å². The number of nitrogens with one attached hydrogen (secondary N) is 1. The summed E-state index contributed by atoms with van der Waals surface area (Å²) in [7, 11) is 0. The molecule has 0 saturated heterocycles. The molecule has 0 aliphatic carbocycles. The van der Waals surface area contributed by atoms with Crippen LogP contribution in [0.15, 0.2) is 0 Å². The Hall–Kier alpha value is -0.980. The fourth-order valence-corrected chi connectivity index (χ4v) is 0.888. The second kappa shape index (κ2) is 10.5. The fraction of sp³-hybridized carbons (Fsp3) is 0.800. The maximum atomic E-state index is 10.9. The molecule has 0 aromatic heterocycles. The van der Waals surface area contributed by atoms with E-state index in [0.717, 1.165) is 0 Å². The number of carbonyl (C=O) groups excluding carboxylic acids is 2. The molecule has 0 bridgehead atoms. The number of rotatable bonds is 10. The number of Topliss-reactive ketones (excluding diaryl/α,β-unsaturated/α-hetero) is 1. The van der Waals surface area contributed by atoms with Crippen LogP contribution in [0.5, 0.6) is 0 Å². The van der Waals surface area contributed by atoms with Crippen molar-refractivity contribution in [3.63, 3.8) is 0 Å². The van der Waals surface area contributed by atoms with Gasteiger partial charge in [-0.25, -0.2) is 0 Å². The summed E-state index contributed by atoms with van der Waals surface area (Å²) in [6.45, 7) is 2.97. The Morgan fingerprint density at radius 1 is 1.19 bits per heavy atom. The van der Waals surface area contributed by atoms with Crippen molar-refractivity contribution in [3.05, 3.63) is 0 Å². The number of aliphatic hydroxyl groups is 1. The van der Waals surface area contributed by atoms with Gasteiger partial charge in [0.15, 0.2) is 5.78 Å². The maximum Gasteiger partial charge on any atom is 0.222 e. The van der Waals surface area contributed by atoms with Crippen LogP contribution in [0.2, 0.25) is 0 Å². The van der Waals surface area contributed by atoms with Gasteiger partial charge in [-0.2, -0.15) is 0 Å². The molecule has 2 N–H and O–H groups in total. The van der Waals surface area contributed by atoms with Gasteiger partial charge in [-0.15, -0.1) is 0 Å². The number of amides is 1. The van der Waals surface area contributed by atoms with Crippen LogP contribution in [0.4, 0.5) is 0 Å². The average Bonchev–Trinajstić information content (AvgIpc) is 2.22. The topological polar surface area (TPSA) is 84.9 Å². The van der Waals surface area contributed by atoms with Crippen molar-refractivity contribution < 1.29 is 24.2 Å². The number of aliphatic hydroxyl groups excluding tert-OH is 1. The van der Waals surface area contributed by atoms with E-state index in [4.69, 9.17) is 14.6 Å². The Morgan fingerprint density at radius 2 is 1.88 bits per heavy atom. The number of carbonyl (C=O) groups is 2. The summed E-state index contributed by atoms with van der Waals surface area (Å²) in [6, 6.07) is 0. The molecule has 0 atom stereocenters. The molecule has 0 saturated carbocycles. The SMILES string of the molecule is CC(=O)COCCOCCNC(=O)CCO. The molecule has 0 radical (unpaired) electrons. The first-order valence-electron chi connectivity index (χ1n) is 5.19. The van der Waals surface area contributed by atoms with E-state index >= 15 is 0 Å². The lowest BCUT2D eigenvalue weighted by Gasteiger charge is -2.05. The Morgan fingerprint density at radius 3 is 2.50 bits per heavy atom. The Labute approximate surface area is 94.9 Å². The van der Waals surface area contributed by atoms with Crippen LogP contribution < -0.4 is 5.32 Å². The molecule has 16 heavy (non-hydrogen) atoms. The monoisotopic (exact) mass is 233 g/mol. The van der Waals surface area contributed by atoms with Crippen molar-refractivity contribution >= 4 is 11.7 Å². The maximum absolute atomic E-state index is 10.9. The van der Waals surface area contributed by atoms with E-state index in [0.29, 0.717) is 26.4 Å². The predicted molar refractivity (Wildman–Crippen MR) is 57.0 cm³/mol. The normalized spacial score (nSPS) is 10.1. The Balaban J connectivity index is 3.09. The van der Waals surface area contributed by atoms with E-state index in [-0.39, 0.29) is 31.3 Å². The van der Waals surface area contributed by atoms with Gasteiger partial charge < -0.3 is 19.9 Å². The summed E-state index contributed by atoms with van der Waals surface area (Å²) in [5.41, 5.74) is 0. The molecular weight excluding hydrogens is 214 g/mol. The Kier molecular flexibility index (Phi) is 9.89. The van der Waals surface area contributed by atoms with E-state index in [9.17, 15) is 9.59 Å². The highest BCUT2D eigenvalue weighted by Gasteiger charge is 1.98. The highest BCUT2D eigenvalue weighted by Crippen LogP contribution is 1.80. The molecule has 0 heterocycles. The first-order chi connectivity index (χ1) is 7.66. The largest absolute Gasteiger partial charge is 0.396 e. The average molecular weight is 233 g/mol. The molecule has 0 rings (SSSR count). The van der Waals surface area contributed by atoms with Crippen molar-refractivity contribution in [3.8, 4) is 0 Å². The van der Waals surface area contributed by atoms with Crippen LogP contribution in [-0.4, -0.2) is 56.4 Å². The summed E-state index contributed by atoms with van der Waals surface area (Å²) >= 11 is 0. The molecule has 94 valence electrons. The van der Waals surface area contributed by atoms with Crippen LogP contribution in [-0.2, 0) is 19.1 Å². The minimum absolute atomic E-state index is 0.0173. The van der Waals surface area contributed by atoms with Gasteiger partial charge in [0.05, 0.1) is 26.4 Å². The lowest BCUT2D eigenvalue weighted by molar-refractivity contribution is -0.123. The van der Waals surface area contributed by atoms with Crippen molar-refractivity contribution in [1.82, 2.24) is 5.32 Å². The molecular formula is C10H19NO5. The lowest BCUT2D eigenvalue weighted by atomic mass is 10.4. The molecule has 0 aromatic rings. The molecule has 0 aliphatic heterocycles. The van der Waals surface area contributed by atoms with Gasteiger partial charge in [-0.05, 0) is 6.92 Å². The molecule has 1 amide bonds. The highest BCUT2D eigenvalue weighted by atomic mass is 16.5. The summed E-state index contributed by atoms with van der Waals surface area (Å²) in [4.78, 5) is 21.3. The van der Waals surface area contributed by atoms with Gasteiger partial charge in [0, 0.05) is 13.0 Å². The summed E-state index contributed by atoms with van der Waals surface area (Å²) in [5.74, 6) is -0.213. The number of hydrogen-bond donors (Lipinski definition) is 2. The van der Waals surface area contributed by atoms with Gasteiger partial charge in [0.25, 0.3) is 0 Å². The third-order valence-electron chi connectivity index (χ3n) is 1.58. The van der Waals surface area contributed by atoms with Crippen molar-refractivity contribution in [2.75, 3.05) is 39.6 Å². The number of ether oxygens (including phenoxy) is 2. The smallest absolute Gasteiger partial charge is 0.222 e. The Bertz CT molecular complexity index is 207. The standard InChI is InChI=1S/C10H19NO5/c1-9(13)8-16-7-6-15-5-3-11-10(14)2-4-12/h12H,2-8H2,1H3,(H,11,14). The molecule has 0 aromatic carbocycles. The fourth-order valence-electron chi connectivity index (χ4n) is 0.888. The van der Waals surface area contributed by atoms with Gasteiger partial charge in [-0.1, -0.05) is 0 Å². The van der Waals surface area contributed by atoms with Crippen molar-refractivity contribution in [1.29, 1.82) is 0 Å². The molecule has 0 unspecified atom stereocenters. The first-order valence-corrected chi connectivity index (χ1v) is 5.19. The van der Waals surface area contributed by atoms with Crippen LogP contribution in [0.25, 0.3) is 0 Å². The third kappa shape index (κ3) is 11.1. The summed E-state index contributed by atoms with van der Waals surface area (Å²) in [6.07, 6.45) is 0.113. The lowest BCUT2D eigenvalue weighted by Crippen LogP contribution is -2.28. The van der Waals surface area contributed by atoms with E-state index < -0.39 is 0 Å². The first kappa shape index (κ1) is 15.0. The van der Waals surface area contributed by atoms with Gasteiger partial charge >= 0.3 is 0 Å².